The molecular weight excluding hydrogens is 410 g/mol. The number of likely N-dealkylation sites (tertiary alicyclic amines) is 1. The molecule has 154 valence electrons. The number of carbonyl (C=O) groups is 2. The van der Waals surface area contributed by atoms with Crippen LogP contribution >= 0.6 is 0 Å². The number of carbonyl (C=O) groups excluding carboxylic acids is 1. The number of fused-ring (bicyclic) bond motifs is 3. The van der Waals surface area contributed by atoms with E-state index < -0.39 is 21.7 Å². The molecule has 2 amide bonds. The second-order valence-electron chi connectivity index (χ2n) is 7.33. The number of amides is 2. The molecule has 4 heterocycles. The molecule has 1 spiro atoms. The lowest BCUT2D eigenvalue weighted by molar-refractivity contribution is -0.120. The third kappa shape index (κ3) is 2.55. The van der Waals surface area contributed by atoms with Crippen molar-refractivity contribution in [2.75, 3.05) is 23.7 Å². The molecule has 30 heavy (non-hydrogen) atoms. The summed E-state index contributed by atoms with van der Waals surface area (Å²) in [4.78, 5) is 29.6. The maximum Gasteiger partial charge on any atom is 0.407 e. The number of anilines is 2. The third-order valence-corrected chi connectivity index (χ3v) is 7.25. The van der Waals surface area contributed by atoms with Gasteiger partial charge >= 0.3 is 6.09 Å². The first-order valence-corrected chi connectivity index (χ1v) is 10.6. The molecule has 3 N–H and O–H groups in total. The molecule has 5 rings (SSSR count). The van der Waals surface area contributed by atoms with Gasteiger partial charge in [0.25, 0.3) is 15.9 Å². The molecule has 11 heteroatoms. The number of hydrogen-bond donors (Lipinski definition) is 3. The van der Waals surface area contributed by atoms with Gasteiger partial charge in [-0.1, -0.05) is 18.2 Å². The van der Waals surface area contributed by atoms with E-state index in [-0.39, 0.29) is 29.5 Å². The fourth-order valence-corrected chi connectivity index (χ4v) is 5.31. The van der Waals surface area contributed by atoms with Crippen molar-refractivity contribution < 1.29 is 23.1 Å². The van der Waals surface area contributed by atoms with Crippen molar-refractivity contribution in [3.8, 4) is 0 Å². The number of rotatable bonds is 2. The highest BCUT2D eigenvalue weighted by atomic mass is 32.2. The monoisotopic (exact) mass is 427 g/mol. The molecule has 0 bridgehead atoms. The third-order valence-electron chi connectivity index (χ3n) is 5.57. The molecule has 1 aromatic carbocycles. The minimum absolute atomic E-state index is 0.000442. The zero-order valence-corrected chi connectivity index (χ0v) is 16.4. The predicted octanol–water partition coefficient (Wildman–Crippen LogP) is 1.76. The van der Waals surface area contributed by atoms with Crippen LogP contribution in [0.2, 0.25) is 0 Å². The molecule has 1 saturated heterocycles. The molecular formula is C19H17N5O5S. The second kappa shape index (κ2) is 6.20. The van der Waals surface area contributed by atoms with E-state index in [2.05, 4.69) is 15.6 Å². The van der Waals surface area contributed by atoms with Crippen LogP contribution in [0, 0.1) is 0 Å². The Balaban J connectivity index is 1.61. The van der Waals surface area contributed by atoms with Gasteiger partial charge in [0.1, 0.15) is 5.54 Å². The fourth-order valence-electron chi connectivity index (χ4n) is 3.99. The molecule has 2 aliphatic rings. The Morgan fingerprint density at radius 1 is 1.20 bits per heavy atom. The summed E-state index contributed by atoms with van der Waals surface area (Å²) in [5.41, 5.74) is 0.0418. The minimum atomic E-state index is -3.85. The zero-order chi connectivity index (χ0) is 21.1. The highest BCUT2D eigenvalue weighted by molar-refractivity contribution is 7.90. The molecule has 1 atom stereocenters. The molecule has 0 aliphatic carbocycles. The Kier molecular flexibility index (Phi) is 3.81. The van der Waals surface area contributed by atoms with Crippen molar-refractivity contribution in [1.29, 1.82) is 0 Å². The topological polar surface area (TPSA) is 134 Å². The van der Waals surface area contributed by atoms with Crippen LogP contribution in [0.1, 0.15) is 6.42 Å². The summed E-state index contributed by atoms with van der Waals surface area (Å²) in [5.74, 6) is -0.337. The Hall–Kier alpha value is -3.60. The molecule has 0 radical (unpaired) electrons. The second-order valence-corrected chi connectivity index (χ2v) is 9.14. The van der Waals surface area contributed by atoms with E-state index in [0.717, 1.165) is 3.97 Å². The van der Waals surface area contributed by atoms with E-state index in [1.54, 1.807) is 24.3 Å². The molecule has 2 aliphatic heterocycles. The fraction of sp³-hybridized carbons (Fsp3) is 0.211. The summed E-state index contributed by atoms with van der Waals surface area (Å²) in [6, 6.07) is 9.64. The molecule has 1 unspecified atom stereocenters. The van der Waals surface area contributed by atoms with E-state index in [1.165, 1.54) is 29.4 Å². The Bertz CT molecular complexity index is 1300. The number of nitrogens with one attached hydrogen (secondary N) is 2. The van der Waals surface area contributed by atoms with Gasteiger partial charge in [0, 0.05) is 18.1 Å². The van der Waals surface area contributed by atoms with Crippen LogP contribution in [0.3, 0.4) is 0 Å². The highest BCUT2D eigenvalue weighted by Gasteiger charge is 2.49. The molecule has 10 nitrogen and oxygen atoms in total. The molecule has 3 aromatic rings. The van der Waals surface area contributed by atoms with Crippen LogP contribution in [-0.4, -0.2) is 58.0 Å². The molecule has 1 fully saturated rings. The van der Waals surface area contributed by atoms with Crippen molar-refractivity contribution in [1.82, 2.24) is 13.9 Å². The largest absolute Gasteiger partial charge is 0.465 e. The number of benzene rings is 1. The van der Waals surface area contributed by atoms with Crippen molar-refractivity contribution in [3.63, 3.8) is 0 Å². The average molecular weight is 427 g/mol. The van der Waals surface area contributed by atoms with E-state index in [4.69, 9.17) is 0 Å². The van der Waals surface area contributed by atoms with E-state index >= 15 is 0 Å². The summed E-state index contributed by atoms with van der Waals surface area (Å²) in [5, 5.41) is 15.8. The van der Waals surface area contributed by atoms with Crippen molar-refractivity contribution in [2.45, 2.75) is 16.9 Å². The number of nitrogens with zero attached hydrogens (tertiary/aromatic N) is 3. The quantitative estimate of drug-likeness (QED) is 0.567. The Labute approximate surface area is 171 Å². The maximum absolute atomic E-state index is 13.1. The van der Waals surface area contributed by atoms with Gasteiger partial charge in [-0.15, -0.1) is 0 Å². The first kappa shape index (κ1) is 18.4. The number of aromatic nitrogens is 2. The van der Waals surface area contributed by atoms with Crippen LogP contribution in [0.5, 0.6) is 0 Å². The van der Waals surface area contributed by atoms with Crippen LogP contribution in [0.25, 0.3) is 11.0 Å². The summed E-state index contributed by atoms with van der Waals surface area (Å²) >= 11 is 0. The molecule has 0 saturated carbocycles. The van der Waals surface area contributed by atoms with Gasteiger partial charge in [0.15, 0.2) is 5.65 Å². The van der Waals surface area contributed by atoms with Gasteiger partial charge in [0.2, 0.25) is 0 Å². The van der Waals surface area contributed by atoms with Gasteiger partial charge in [-0.25, -0.2) is 22.2 Å². The summed E-state index contributed by atoms with van der Waals surface area (Å²) in [6.07, 6.45) is 2.03. The van der Waals surface area contributed by atoms with Gasteiger partial charge in [0.05, 0.1) is 29.0 Å². The lowest BCUT2D eigenvalue weighted by Crippen LogP contribution is -2.54. The molecule has 2 aromatic heterocycles. The van der Waals surface area contributed by atoms with E-state index in [1.807, 2.05) is 0 Å². The van der Waals surface area contributed by atoms with Gasteiger partial charge < -0.3 is 20.6 Å². The van der Waals surface area contributed by atoms with Crippen molar-refractivity contribution in [3.05, 3.63) is 48.8 Å². The van der Waals surface area contributed by atoms with Crippen LogP contribution in [0.15, 0.2) is 53.7 Å². The first-order chi connectivity index (χ1) is 14.3. The summed E-state index contributed by atoms with van der Waals surface area (Å²) in [7, 11) is -3.85. The maximum atomic E-state index is 13.1. The van der Waals surface area contributed by atoms with Crippen molar-refractivity contribution >= 4 is 44.4 Å². The normalized spacial score (nSPS) is 20.8. The highest BCUT2D eigenvalue weighted by Crippen LogP contribution is 2.40. The lowest BCUT2D eigenvalue weighted by Gasteiger charge is -2.35. The Morgan fingerprint density at radius 3 is 2.67 bits per heavy atom. The average Bonchev–Trinajstić information content (AvgIpc) is 3.36. The summed E-state index contributed by atoms with van der Waals surface area (Å²) in [6.45, 7) is 0.225. The van der Waals surface area contributed by atoms with Crippen LogP contribution in [-0.2, 0) is 14.8 Å². The number of carboxylic acid groups (broad SMARTS) is 1. The van der Waals surface area contributed by atoms with Crippen molar-refractivity contribution in [2.24, 2.45) is 0 Å². The van der Waals surface area contributed by atoms with Crippen LogP contribution in [0.4, 0.5) is 16.2 Å². The van der Waals surface area contributed by atoms with Gasteiger partial charge in [-0.2, -0.15) is 0 Å². The Morgan fingerprint density at radius 2 is 1.97 bits per heavy atom. The predicted molar refractivity (Wildman–Crippen MR) is 108 cm³/mol. The van der Waals surface area contributed by atoms with Gasteiger partial charge in [-0.05, 0) is 24.6 Å². The zero-order valence-electron chi connectivity index (χ0n) is 15.6. The van der Waals surface area contributed by atoms with Gasteiger partial charge in [-0.3, -0.25) is 4.79 Å². The van der Waals surface area contributed by atoms with Crippen LogP contribution < -0.4 is 10.6 Å². The van der Waals surface area contributed by atoms with E-state index in [9.17, 15) is 23.1 Å². The smallest absolute Gasteiger partial charge is 0.407 e. The number of pyridine rings is 1. The van der Waals surface area contributed by atoms with E-state index in [0.29, 0.717) is 23.2 Å². The lowest BCUT2D eigenvalue weighted by atomic mass is 9.93. The SMILES string of the molecule is O=C(O)N1CCC2(C1)Nc1c(cnc3c1ccn3S(=O)(=O)c1ccccc1)NC2=O. The minimum Gasteiger partial charge on any atom is -0.465 e. The first-order valence-electron chi connectivity index (χ1n) is 9.20. The standard InChI is InChI=1S/C19H17N5O5S/c25-17-19(7-9-23(11-19)18(26)27)22-15-13-6-8-24(16(13)20-10-14(15)21-17)30(28,29)12-4-2-1-3-5-12/h1-6,8,10,22H,7,9,11H2,(H,21,25)(H,26,27). The summed E-state index contributed by atoms with van der Waals surface area (Å²) < 4.78 is 27.2. The number of hydrogen-bond acceptors (Lipinski definition) is 6.